The molecule has 0 aliphatic carbocycles. The molecule has 0 saturated heterocycles. The number of benzene rings is 2. The fourth-order valence-electron chi connectivity index (χ4n) is 2.32. The monoisotopic (exact) mass is 403 g/mol. The van der Waals surface area contributed by atoms with Gasteiger partial charge in [-0.3, -0.25) is 9.59 Å². The predicted octanol–water partition coefficient (Wildman–Crippen LogP) is 4.77. The SMILES string of the molecule is CCCNC=C(C(=O)CC(=O)c1ccccc1F)c1cccc(Br)c1. The van der Waals surface area contributed by atoms with Gasteiger partial charge in [-0.1, -0.05) is 47.1 Å². The summed E-state index contributed by atoms with van der Waals surface area (Å²) in [4.78, 5) is 25.0. The maximum Gasteiger partial charge on any atom is 0.173 e. The molecule has 0 spiro atoms. The van der Waals surface area contributed by atoms with Crippen molar-refractivity contribution in [2.45, 2.75) is 19.8 Å². The van der Waals surface area contributed by atoms with Gasteiger partial charge in [0.05, 0.1) is 12.0 Å². The van der Waals surface area contributed by atoms with Crippen molar-refractivity contribution in [3.8, 4) is 0 Å². The van der Waals surface area contributed by atoms with E-state index in [-0.39, 0.29) is 17.8 Å². The van der Waals surface area contributed by atoms with Crippen molar-refractivity contribution < 1.29 is 14.0 Å². The number of hydrogen-bond acceptors (Lipinski definition) is 3. The Bertz CT molecular complexity index is 802. The second-order valence-corrected chi connectivity index (χ2v) is 6.44. The van der Waals surface area contributed by atoms with Crippen molar-refractivity contribution in [1.29, 1.82) is 0 Å². The van der Waals surface area contributed by atoms with Crippen LogP contribution in [-0.4, -0.2) is 18.1 Å². The Balaban J connectivity index is 2.25. The Labute approximate surface area is 155 Å². The molecule has 0 amide bonds. The van der Waals surface area contributed by atoms with Gasteiger partial charge in [0.15, 0.2) is 11.6 Å². The number of hydrogen-bond donors (Lipinski definition) is 1. The van der Waals surface area contributed by atoms with E-state index in [1.54, 1.807) is 18.3 Å². The molecular weight excluding hydrogens is 385 g/mol. The van der Waals surface area contributed by atoms with Crippen LogP contribution in [0.1, 0.15) is 35.7 Å². The molecule has 5 heteroatoms. The standard InChI is InChI=1S/C20H19BrFNO2/c1-2-10-23-13-17(14-6-5-7-15(21)11-14)20(25)12-19(24)16-8-3-4-9-18(16)22/h3-9,11,13,23H,2,10,12H2,1H3. The third kappa shape index (κ3) is 5.36. The number of nitrogens with one attached hydrogen (secondary N) is 1. The molecule has 0 aromatic heterocycles. The van der Waals surface area contributed by atoms with E-state index in [1.165, 1.54) is 18.2 Å². The molecule has 1 N–H and O–H groups in total. The molecule has 0 bridgehead atoms. The van der Waals surface area contributed by atoms with Crippen LogP contribution >= 0.6 is 15.9 Å². The largest absolute Gasteiger partial charge is 0.390 e. The van der Waals surface area contributed by atoms with Gasteiger partial charge in [-0.05, 0) is 36.2 Å². The van der Waals surface area contributed by atoms with Gasteiger partial charge in [0.25, 0.3) is 0 Å². The minimum Gasteiger partial charge on any atom is -0.390 e. The van der Waals surface area contributed by atoms with Gasteiger partial charge in [-0.2, -0.15) is 0 Å². The first-order valence-electron chi connectivity index (χ1n) is 8.03. The van der Waals surface area contributed by atoms with E-state index in [0.717, 1.165) is 10.9 Å². The summed E-state index contributed by atoms with van der Waals surface area (Å²) < 4.78 is 14.6. The highest BCUT2D eigenvalue weighted by molar-refractivity contribution is 9.10. The van der Waals surface area contributed by atoms with Crippen LogP contribution in [0, 0.1) is 5.82 Å². The van der Waals surface area contributed by atoms with Crippen LogP contribution in [0.2, 0.25) is 0 Å². The third-order valence-electron chi connectivity index (χ3n) is 3.57. The molecule has 2 rings (SSSR count). The molecule has 0 unspecified atom stereocenters. The summed E-state index contributed by atoms with van der Waals surface area (Å²) in [6.07, 6.45) is 2.15. The van der Waals surface area contributed by atoms with E-state index in [9.17, 15) is 14.0 Å². The highest BCUT2D eigenvalue weighted by atomic mass is 79.9. The molecule has 2 aromatic rings. The van der Waals surface area contributed by atoms with Gasteiger partial charge in [0.2, 0.25) is 0 Å². The molecule has 0 saturated carbocycles. The molecule has 0 aliphatic rings. The molecule has 0 radical (unpaired) electrons. The van der Waals surface area contributed by atoms with Crippen LogP contribution in [0.25, 0.3) is 5.57 Å². The molecule has 25 heavy (non-hydrogen) atoms. The van der Waals surface area contributed by atoms with Crippen LogP contribution < -0.4 is 5.32 Å². The van der Waals surface area contributed by atoms with Crippen LogP contribution in [-0.2, 0) is 4.79 Å². The van der Waals surface area contributed by atoms with Crippen molar-refractivity contribution in [2.24, 2.45) is 0 Å². The Morgan fingerprint density at radius 1 is 1.16 bits per heavy atom. The van der Waals surface area contributed by atoms with Gasteiger partial charge >= 0.3 is 0 Å². The first kappa shape index (κ1) is 19.1. The third-order valence-corrected chi connectivity index (χ3v) is 4.07. The lowest BCUT2D eigenvalue weighted by Gasteiger charge is -2.09. The van der Waals surface area contributed by atoms with Crippen LogP contribution in [0.3, 0.4) is 0 Å². The summed E-state index contributed by atoms with van der Waals surface area (Å²) >= 11 is 3.38. The summed E-state index contributed by atoms with van der Waals surface area (Å²) in [7, 11) is 0. The summed E-state index contributed by atoms with van der Waals surface area (Å²) in [6.45, 7) is 2.73. The van der Waals surface area contributed by atoms with E-state index >= 15 is 0 Å². The average Bonchev–Trinajstić information content (AvgIpc) is 2.59. The van der Waals surface area contributed by atoms with E-state index in [2.05, 4.69) is 21.2 Å². The fraction of sp³-hybridized carbons (Fsp3) is 0.200. The van der Waals surface area contributed by atoms with Gasteiger partial charge in [-0.25, -0.2) is 4.39 Å². The van der Waals surface area contributed by atoms with Gasteiger partial charge in [-0.15, -0.1) is 0 Å². The Morgan fingerprint density at radius 3 is 2.60 bits per heavy atom. The molecule has 2 aromatic carbocycles. The lowest BCUT2D eigenvalue weighted by Crippen LogP contribution is -2.14. The van der Waals surface area contributed by atoms with E-state index in [0.29, 0.717) is 17.7 Å². The minimum absolute atomic E-state index is 0.0639. The van der Waals surface area contributed by atoms with E-state index in [4.69, 9.17) is 0 Å². The number of halogens is 2. The van der Waals surface area contributed by atoms with E-state index in [1.807, 2.05) is 25.1 Å². The minimum atomic E-state index is -0.614. The quantitative estimate of drug-likeness (QED) is 0.298. The summed E-state index contributed by atoms with van der Waals surface area (Å²) in [5, 5.41) is 3.07. The van der Waals surface area contributed by atoms with Crippen LogP contribution in [0.4, 0.5) is 4.39 Å². The Morgan fingerprint density at radius 2 is 1.92 bits per heavy atom. The second-order valence-electron chi connectivity index (χ2n) is 5.53. The molecular formula is C20H19BrFNO2. The molecule has 0 aliphatic heterocycles. The van der Waals surface area contributed by atoms with Crippen LogP contribution in [0.5, 0.6) is 0 Å². The number of carbonyl (C=O) groups excluding carboxylic acids is 2. The number of allylic oxidation sites excluding steroid dienone is 1. The van der Waals surface area contributed by atoms with Gasteiger partial charge in [0.1, 0.15) is 5.82 Å². The molecule has 3 nitrogen and oxygen atoms in total. The van der Waals surface area contributed by atoms with Gasteiger partial charge < -0.3 is 5.32 Å². The zero-order valence-electron chi connectivity index (χ0n) is 13.9. The normalized spacial score (nSPS) is 11.2. The molecule has 130 valence electrons. The lowest BCUT2D eigenvalue weighted by molar-refractivity contribution is -0.113. The number of ketones is 2. The number of rotatable bonds is 8. The Kier molecular flexibility index (Phi) is 7.07. The van der Waals surface area contributed by atoms with Crippen molar-refractivity contribution >= 4 is 33.1 Å². The zero-order valence-corrected chi connectivity index (χ0v) is 15.5. The number of carbonyl (C=O) groups is 2. The van der Waals surface area contributed by atoms with Crippen molar-refractivity contribution in [3.05, 3.63) is 76.1 Å². The predicted molar refractivity (Wildman–Crippen MR) is 101 cm³/mol. The first-order chi connectivity index (χ1) is 12.0. The van der Waals surface area contributed by atoms with Crippen molar-refractivity contribution in [3.63, 3.8) is 0 Å². The van der Waals surface area contributed by atoms with Crippen molar-refractivity contribution in [2.75, 3.05) is 6.54 Å². The Hall–Kier alpha value is -2.27. The topological polar surface area (TPSA) is 46.2 Å². The van der Waals surface area contributed by atoms with E-state index < -0.39 is 11.6 Å². The molecule has 0 fully saturated rings. The van der Waals surface area contributed by atoms with Gasteiger partial charge in [0, 0.05) is 22.8 Å². The summed E-state index contributed by atoms with van der Waals surface area (Å²) in [5.74, 6) is -1.49. The zero-order chi connectivity index (χ0) is 18.2. The first-order valence-corrected chi connectivity index (χ1v) is 8.82. The highest BCUT2D eigenvalue weighted by Gasteiger charge is 2.19. The molecule has 0 heterocycles. The average molecular weight is 404 g/mol. The van der Waals surface area contributed by atoms with Crippen LogP contribution in [0.15, 0.2) is 59.2 Å². The summed E-state index contributed by atoms with van der Waals surface area (Å²) in [5.41, 5.74) is 1.04. The highest BCUT2D eigenvalue weighted by Crippen LogP contribution is 2.22. The fourth-order valence-corrected chi connectivity index (χ4v) is 2.72. The molecule has 0 atom stereocenters. The smallest absolute Gasteiger partial charge is 0.173 e. The maximum atomic E-state index is 13.8. The lowest BCUT2D eigenvalue weighted by atomic mass is 9.97. The summed E-state index contributed by atoms with van der Waals surface area (Å²) in [6, 6.07) is 13.0. The second kappa shape index (κ2) is 9.28. The maximum absolute atomic E-state index is 13.8. The number of Topliss-reactive ketones (excluding diaryl/α,β-unsaturated/α-hetero) is 2. The van der Waals surface area contributed by atoms with Crippen molar-refractivity contribution in [1.82, 2.24) is 5.32 Å².